The first kappa shape index (κ1) is 21.6. The first-order chi connectivity index (χ1) is 15.8. The summed E-state index contributed by atoms with van der Waals surface area (Å²) in [5, 5.41) is 19.5. The van der Waals surface area contributed by atoms with Gasteiger partial charge >= 0.3 is 0 Å². The van der Waals surface area contributed by atoms with E-state index in [4.69, 9.17) is 14.4 Å². The number of hydrogen-bond donors (Lipinski definition) is 0. The first-order valence-corrected chi connectivity index (χ1v) is 11.3. The lowest BCUT2D eigenvalue weighted by atomic mass is 10.1. The Balaban J connectivity index is 1.40. The summed E-state index contributed by atoms with van der Waals surface area (Å²) < 4.78 is 11.8. The Hall–Kier alpha value is -3.65. The summed E-state index contributed by atoms with van der Waals surface area (Å²) in [5.41, 5.74) is 2.25. The number of ether oxygens (including phenoxy) is 1. The van der Waals surface area contributed by atoms with Crippen molar-refractivity contribution in [2.45, 2.75) is 45.4 Å². The number of benzene rings is 3. The maximum Gasteiger partial charge on any atom is 0.248 e. The molecule has 4 rings (SSSR count). The maximum absolute atomic E-state index is 8.94. The normalized spacial score (nSPS) is 10.9. The highest BCUT2D eigenvalue weighted by atomic mass is 16.5. The molecular formula is C27H27N3O2. The van der Waals surface area contributed by atoms with Crippen LogP contribution in [-0.4, -0.2) is 16.8 Å². The Labute approximate surface area is 188 Å². The van der Waals surface area contributed by atoms with Gasteiger partial charge in [0.05, 0.1) is 18.2 Å². The number of aromatic nitrogens is 2. The molecule has 162 valence electrons. The van der Waals surface area contributed by atoms with Gasteiger partial charge < -0.3 is 9.15 Å². The van der Waals surface area contributed by atoms with Crippen LogP contribution in [0.2, 0.25) is 0 Å². The Morgan fingerprint density at radius 1 is 0.781 bits per heavy atom. The highest BCUT2D eigenvalue weighted by Gasteiger charge is 2.11. The third kappa shape index (κ3) is 5.33. The zero-order valence-electron chi connectivity index (χ0n) is 18.4. The number of hydrogen-bond acceptors (Lipinski definition) is 5. The van der Waals surface area contributed by atoms with Crippen LogP contribution in [0, 0.1) is 11.3 Å². The molecule has 0 N–H and O–H groups in total. The van der Waals surface area contributed by atoms with Crippen molar-refractivity contribution in [2.75, 3.05) is 6.61 Å². The molecule has 5 heteroatoms. The van der Waals surface area contributed by atoms with Gasteiger partial charge in [-0.2, -0.15) is 5.26 Å². The van der Waals surface area contributed by atoms with E-state index in [1.807, 2.05) is 36.4 Å². The van der Waals surface area contributed by atoms with E-state index in [9.17, 15) is 0 Å². The third-order valence-electron chi connectivity index (χ3n) is 5.51. The fourth-order valence-electron chi connectivity index (χ4n) is 3.66. The summed E-state index contributed by atoms with van der Waals surface area (Å²) in [7, 11) is 0. The average Bonchev–Trinajstić information content (AvgIpc) is 3.33. The van der Waals surface area contributed by atoms with E-state index in [2.05, 4.69) is 35.3 Å². The number of fused-ring (bicyclic) bond motifs is 1. The van der Waals surface area contributed by atoms with Gasteiger partial charge in [-0.3, -0.25) is 0 Å². The van der Waals surface area contributed by atoms with Gasteiger partial charge in [-0.25, -0.2) is 0 Å². The summed E-state index contributed by atoms with van der Waals surface area (Å²) in [6.45, 7) is 3.00. The number of nitrogens with zero attached hydrogens (tertiary/aromatic N) is 3. The van der Waals surface area contributed by atoms with Crippen LogP contribution in [0.5, 0.6) is 5.75 Å². The lowest BCUT2D eigenvalue weighted by Gasteiger charge is -2.08. The molecular weight excluding hydrogens is 398 g/mol. The van der Waals surface area contributed by atoms with Gasteiger partial charge in [0.1, 0.15) is 5.75 Å². The maximum atomic E-state index is 8.94. The predicted octanol–water partition coefficient (Wildman–Crippen LogP) is 7.17. The molecule has 0 spiro atoms. The number of rotatable bonds is 10. The number of nitriles is 1. The molecule has 0 saturated carbocycles. The fraction of sp³-hybridized carbons (Fsp3) is 0.296. The minimum atomic E-state index is 0.433. The van der Waals surface area contributed by atoms with E-state index in [-0.39, 0.29) is 0 Å². The van der Waals surface area contributed by atoms with Gasteiger partial charge in [0.15, 0.2) is 0 Å². The molecule has 0 aliphatic carbocycles. The monoisotopic (exact) mass is 425 g/mol. The second-order valence-corrected chi connectivity index (χ2v) is 7.94. The van der Waals surface area contributed by atoms with E-state index in [1.54, 1.807) is 12.1 Å². The van der Waals surface area contributed by atoms with E-state index in [1.165, 1.54) is 32.1 Å². The lowest BCUT2D eigenvalue weighted by Crippen LogP contribution is -1.97. The standard InChI is InChI=1S/C27H27N3O2/c1-2-3-4-5-6-7-16-31-25-15-14-22-17-24(13-12-23(22)18-25)27-30-29-26(32-27)21-10-8-20(19-28)9-11-21/h8-15,17-18H,2-7,16H2,1H3. The van der Waals surface area contributed by atoms with Crippen LogP contribution in [0.1, 0.15) is 51.0 Å². The van der Waals surface area contributed by atoms with E-state index in [0.717, 1.165) is 40.7 Å². The topological polar surface area (TPSA) is 71.9 Å². The first-order valence-electron chi connectivity index (χ1n) is 11.3. The van der Waals surface area contributed by atoms with Crippen LogP contribution in [-0.2, 0) is 0 Å². The van der Waals surface area contributed by atoms with Gasteiger partial charge in [-0.05, 0) is 65.7 Å². The molecule has 0 fully saturated rings. The second-order valence-electron chi connectivity index (χ2n) is 7.94. The average molecular weight is 426 g/mol. The lowest BCUT2D eigenvalue weighted by molar-refractivity contribution is 0.305. The SMILES string of the molecule is CCCCCCCCOc1ccc2cc(-c3nnc(-c4ccc(C#N)cc4)o3)ccc2c1. The molecule has 1 heterocycles. The van der Waals surface area contributed by atoms with Crippen molar-refractivity contribution in [1.82, 2.24) is 10.2 Å². The summed E-state index contributed by atoms with van der Waals surface area (Å²) in [5.74, 6) is 1.80. The van der Waals surface area contributed by atoms with E-state index >= 15 is 0 Å². The molecule has 0 aliphatic rings. The van der Waals surface area contributed by atoms with Gasteiger partial charge in [0.25, 0.3) is 0 Å². The van der Waals surface area contributed by atoms with Gasteiger partial charge in [-0.15, -0.1) is 10.2 Å². The van der Waals surface area contributed by atoms with Crippen molar-refractivity contribution in [2.24, 2.45) is 0 Å². The minimum absolute atomic E-state index is 0.433. The Morgan fingerprint density at radius 3 is 2.22 bits per heavy atom. The predicted molar refractivity (Wildman–Crippen MR) is 126 cm³/mol. The molecule has 0 unspecified atom stereocenters. The molecule has 0 aliphatic heterocycles. The molecule has 4 aromatic rings. The largest absolute Gasteiger partial charge is 0.494 e. The van der Waals surface area contributed by atoms with Crippen LogP contribution in [0.25, 0.3) is 33.7 Å². The van der Waals surface area contributed by atoms with Crippen molar-refractivity contribution in [3.63, 3.8) is 0 Å². The van der Waals surface area contributed by atoms with Gasteiger partial charge in [-0.1, -0.05) is 51.2 Å². The van der Waals surface area contributed by atoms with Crippen molar-refractivity contribution in [3.05, 3.63) is 66.2 Å². The van der Waals surface area contributed by atoms with Crippen molar-refractivity contribution >= 4 is 10.8 Å². The Kier molecular flexibility index (Phi) is 7.14. The summed E-state index contributed by atoms with van der Waals surface area (Å²) in [6.07, 6.45) is 7.54. The van der Waals surface area contributed by atoms with Crippen LogP contribution < -0.4 is 4.74 Å². The zero-order valence-corrected chi connectivity index (χ0v) is 18.4. The number of unbranched alkanes of at least 4 members (excludes halogenated alkanes) is 5. The molecule has 5 nitrogen and oxygen atoms in total. The van der Waals surface area contributed by atoms with Crippen molar-refractivity contribution in [1.29, 1.82) is 5.26 Å². The molecule has 0 bridgehead atoms. The van der Waals surface area contributed by atoms with Crippen LogP contribution in [0.3, 0.4) is 0 Å². The van der Waals surface area contributed by atoms with Gasteiger partial charge in [0, 0.05) is 11.1 Å². The zero-order chi connectivity index (χ0) is 22.2. The Bertz CT molecular complexity index is 1210. The summed E-state index contributed by atoms with van der Waals surface area (Å²) >= 11 is 0. The molecule has 32 heavy (non-hydrogen) atoms. The summed E-state index contributed by atoms with van der Waals surface area (Å²) in [6, 6.07) is 21.4. The molecule has 0 radical (unpaired) electrons. The Morgan fingerprint density at radius 2 is 1.44 bits per heavy atom. The highest BCUT2D eigenvalue weighted by molar-refractivity contribution is 5.87. The smallest absolute Gasteiger partial charge is 0.248 e. The van der Waals surface area contributed by atoms with Crippen LogP contribution >= 0.6 is 0 Å². The van der Waals surface area contributed by atoms with Crippen LogP contribution in [0.4, 0.5) is 0 Å². The van der Waals surface area contributed by atoms with Crippen molar-refractivity contribution < 1.29 is 9.15 Å². The molecule has 1 aromatic heterocycles. The van der Waals surface area contributed by atoms with Crippen molar-refractivity contribution in [3.8, 4) is 34.7 Å². The molecule has 0 amide bonds. The molecule has 0 saturated heterocycles. The molecule has 0 atom stereocenters. The fourth-order valence-corrected chi connectivity index (χ4v) is 3.66. The van der Waals surface area contributed by atoms with Crippen LogP contribution in [0.15, 0.2) is 65.1 Å². The van der Waals surface area contributed by atoms with E-state index < -0.39 is 0 Å². The molecule has 3 aromatic carbocycles. The third-order valence-corrected chi connectivity index (χ3v) is 5.51. The minimum Gasteiger partial charge on any atom is -0.494 e. The summed E-state index contributed by atoms with van der Waals surface area (Å²) in [4.78, 5) is 0. The quantitative estimate of drug-likeness (QED) is 0.252. The highest BCUT2D eigenvalue weighted by Crippen LogP contribution is 2.28. The van der Waals surface area contributed by atoms with E-state index in [0.29, 0.717) is 17.3 Å². The van der Waals surface area contributed by atoms with Gasteiger partial charge in [0.2, 0.25) is 11.8 Å². The second kappa shape index (κ2) is 10.6.